The first-order valence-electron chi connectivity index (χ1n) is 15.6. The number of aromatic hydroxyl groups is 1. The van der Waals surface area contributed by atoms with Gasteiger partial charge in [0, 0.05) is 5.69 Å². The number of phenolic OH excluding ortho intramolecular Hbond substituents is 1. The molecule has 4 saturated carbocycles. The van der Waals surface area contributed by atoms with E-state index >= 15 is 0 Å². The molecule has 210 valence electrons. The Bertz CT molecular complexity index is 1000. The summed E-state index contributed by atoms with van der Waals surface area (Å²) in [5.74, 6) is 5.74. The summed E-state index contributed by atoms with van der Waals surface area (Å²) in [6.07, 6.45) is 19.3. The first-order valence-corrected chi connectivity index (χ1v) is 15.6. The van der Waals surface area contributed by atoms with Gasteiger partial charge in [0.25, 0.3) is 0 Å². The predicted octanol–water partition coefficient (Wildman–Crippen LogP) is 9.70. The molecule has 1 aromatic carbocycles. The van der Waals surface area contributed by atoms with Gasteiger partial charge in [-0.3, -0.25) is 5.32 Å². The molecule has 0 bridgehead atoms. The molecule has 0 radical (unpaired) electrons. The Balaban J connectivity index is 1.10. The quantitative estimate of drug-likeness (QED) is 0.277. The average Bonchev–Trinajstić information content (AvgIpc) is 3.26. The number of anilines is 1. The standard InChI is InChI=1S/C34H51NO3/c1-23(22-38-32(37)35-26-12-14-27(36)15-13-26)8-7-9-24(2)29-17-18-30-28-16-11-25-10-5-6-20-33(25,3)31(28)19-21-34(29,30)4/h12-15,22,24-25,28-31,36H,5-11,16-21H2,1-4H3,(H,35,37)/t24-,25?,28+,29-,30+,31+,33+,34-/m1/s1. The third-order valence-electron chi connectivity index (χ3n) is 12.1. The number of nitrogens with one attached hydrogen (secondary N) is 1. The average molecular weight is 522 g/mol. The summed E-state index contributed by atoms with van der Waals surface area (Å²) in [6.45, 7) is 9.95. The highest BCUT2D eigenvalue weighted by Crippen LogP contribution is 2.68. The number of carbonyl (C=O) groups is 1. The lowest BCUT2D eigenvalue weighted by molar-refractivity contribution is -0.114. The monoisotopic (exact) mass is 521 g/mol. The number of ether oxygens (including phenoxy) is 1. The van der Waals surface area contributed by atoms with Crippen molar-refractivity contribution in [3.05, 3.63) is 36.1 Å². The molecule has 0 heterocycles. The van der Waals surface area contributed by atoms with Crippen molar-refractivity contribution < 1.29 is 14.6 Å². The van der Waals surface area contributed by atoms with Crippen molar-refractivity contribution in [2.45, 2.75) is 111 Å². The van der Waals surface area contributed by atoms with Gasteiger partial charge in [-0.2, -0.15) is 0 Å². The molecule has 8 atom stereocenters. The molecule has 4 fully saturated rings. The molecule has 2 N–H and O–H groups in total. The van der Waals surface area contributed by atoms with Crippen molar-refractivity contribution in [1.82, 2.24) is 0 Å². The van der Waals surface area contributed by atoms with E-state index in [1.165, 1.54) is 82.8 Å². The lowest BCUT2D eigenvalue weighted by atomic mass is 9.44. The summed E-state index contributed by atoms with van der Waals surface area (Å²) in [6, 6.07) is 6.38. The Morgan fingerprint density at radius 2 is 1.79 bits per heavy atom. The molecule has 0 aromatic heterocycles. The summed E-state index contributed by atoms with van der Waals surface area (Å²) in [4.78, 5) is 12.1. The Kier molecular flexibility index (Phi) is 8.17. The van der Waals surface area contributed by atoms with Gasteiger partial charge < -0.3 is 9.84 Å². The SMILES string of the molecule is CC(=COC(=O)Nc1ccc(O)cc1)CCC[C@@H](C)[C@H]1CC[C@H]2[C@@H]3CCC4CCCC[C@]4(C)[C@H]3CC[C@]12C. The van der Waals surface area contributed by atoms with E-state index in [1.54, 1.807) is 18.4 Å². The highest BCUT2D eigenvalue weighted by molar-refractivity contribution is 5.85. The molecule has 4 aliphatic rings. The van der Waals surface area contributed by atoms with Crippen molar-refractivity contribution in [2.24, 2.45) is 46.3 Å². The zero-order chi connectivity index (χ0) is 26.9. The van der Waals surface area contributed by atoms with Gasteiger partial charge in [0.2, 0.25) is 0 Å². The minimum atomic E-state index is -0.500. The van der Waals surface area contributed by atoms with E-state index in [-0.39, 0.29) is 5.75 Å². The summed E-state index contributed by atoms with van der Waals surface area (Å²) < 4.78 is 5.30. The lowest BCUT2D eigenvalue weighted by Gasteiger charge is -2.61. The van der Waals surface area contributed by atoms with E-state index in [2.05, 4.69) is 33.0 Å². The van der Waals surface area contributed by atoms with Crippen LogP contribution >= 0.6 is 0 Å². The Morgan fingerprint density at radius 3 is 2.58 bits per heavy atom. The number of carbonyl (C=O) groups excluding carboxylic acids is 1. The minimum Gasteiger partial charge on any atom is -0.508 e. The molecule has 0 saturated heterocycles. The van der Waals surface area contributed by atoms with Gasteiger partial charge in [0.15, 0.2) is 0 Å². The van der Waals surface area contributed by atoms with Gasteiger partial charge in [-0.25, -0.2) is 4.79 Å². The van der Waals surface area contributed by atoms with Crippen LogP contribution in [-0.2, 0) is 4.74 Å². The fourth-order valence-corrected chi connectivity index (χ4v) is 10.1. The number of rotatable bonds is 7. The van der Waals surface area contributed by atoms with E-state index in [9.17, 15) is 9.90 Å². The molecule has 4 aliphatic carbocycles. The maximum atomic E-state index is 12.1. The van der Waals surface area contributed by atoms with E-state index in [0.717, 1.165) is 53.9 Å². The normalized spacial score (nSPS) is 37.5. The van der Waals surface area contributed by atoms with Crippen LogP contribution in [0.15, 0.2) is 36.1 Å². The van der Waals surface area contributed by atoms with Crippen molar-refractivity contribution in [3.8, 4) is 5.75 Å². The number of hydrogen-bond acceptors (Lipinski definition) is 3. The molecule has 5 rings (SSSR count). The molecule has 0 spiro atoms. The van der Waals surface area contributed by atoms with Crippen LogP contribution in [0.5, 0.6) is 5.75 Å². The number of hydrogen-bond donors (Lipinski definition) is 2. The Labute approximate surface area is 231 Å². The van der Waals surface area contributed by atoms with Gasteiger partial charge in [-0.05, 0) is 147 Å². The summed E-state index contributed by atoms with van der Waals surface area (Å²) in [5.41, 5.74) is 2.88. The van der Waals surface area contributed by atoms with E-state index in [0.29, 0.717) is 16.5 Å². The van der Waals surface area contributed by atoms with Crippen LogP contribution < -0.4 is 5.32 Å². The lowest BCUT2D eigenvalue weighted by Crippen LogP contribution is -2.53. The molecule has 4 nitrogen and oxygen atoms in total. The fourth-order valence-electron chi connectivity index (χ4n) is 10.1. The maximum absolute atomic E-state index is 12.1. The van der Waals surface area contributed by atoms with Gasteiger partial charge in [-0.1, -0.05) is 40.0 Å². The topological polar surface area (TPSA) is 58.6 Å². The van der Waals surface area contributed by atoms with Crippen molar-refractivity contribution in [3.63, 3.8) is 0 Å². The van der Waals surface area contributed by atoms with E-state index in [4.69, 9.17) is 4.74 Å². The van der Waals surface area contributed by atoms with Gasteiger partial charge in [0.1, 0.15) is 5.75 Å². The second kappa shape index (κ2) is 11.3. The summed E-state index contributed by atoms with van der Waals surface area (Å²) in [5, 5.41) is 12.1. The molecule has 4 heteroatoms. The third kappa shape index (κ3) is 5.39. The number of benzene rings is 1. The van der Waals surface area contributed by atoms with Crippen LogP contribution in [0.1, 0.15) is 111 Å². The maximum Gasteiger partial charge on any atom is 0.416 e. The highest BCUT2D eigenvalue weighted by atomic mass is 16.5. The smallest absolute Gasteiger partial charge is 0.416 e. The molecule has 1 aromatic rings. The largest absolute Gasteiger partial charge is 0.508 e. The zero-order valence-corrected chi connectivity index (χ0v) is 24.3. The number of allylic oxidation sites excluding steroid dienone is 1. The van der Waals surface area contributed by atoms with Crippen LogP contribution in [0.2, 0.25) is 0 Å². The fraction of sp³-hybridized carbons (Fsp3) is 0.735. The summed E-state index contributed by atoms with van der Waals surface area (Å²) >= 11 is 0. The van der Waals surface area contributed by atoms with Gasteiger partial charge in [0.05, 0.1) is 6.26 Å². The van der Waals surface area contributed by atoms with Crippen molar-refractivity contribution >= 4 is 11.8 Å². The first kappa shape index (κ1) is 27.6. The van der Waals surface area contributed by atoms with Crippen LogP contribution in [0.25, 0.3) is 0 Å². The van der Waals surface area contributed by atoms with E-state index < -0.39 is 6.09 Å². The molecule has 38 heavy (non-hydrogen) atoms. The van der Waals surface area contributed by atoms with E-state index in [1.807, 2.05) is 0 Å². The summed E-state index contributed by atoms with van der Waals surface area (Å²) in [7, 11) is 0. The molecule has 1 amide bonds. The number of fused-ring (bicyclic) bond motifs is 5. The second-order valence-corrected chi connectivity index (χ2v) is 14.0. The highest BCUT2D eigenvalue weighted by Gasteiger charge is 2.60. The third-order valence-corrected chi connectivity index (χ3v) is 12.1. The van der Waals surface area contributed by atoms with Crippen LogP contribution in [-0.4, -0.2) is 11.2 Å². The number of amides is 1. The van der Waals surface area contributed by atoms with Crippen LogP contribution in [0.4, 0.5) is 10.5 Å². The van der Waals surface area contributed by atoms with Gasteiger partial charge in [-0.15, -0.1) is 0 Å². The molecule has 1 unspecified atom stereocenters. The van der Waals surface area contributed by atoms with Crippen LogP contribution in [0.3, 0.4) is 0 Å². The van der Waals surface area contributed by atoms with Crippen molar-refractivity contribution in [2.75, 3.05) is 5.32 Å². The second-order valence-electron chi connectivity index (χ2n) is 14.0. The minimum absolute atomic E-state index is 0.171. The molecule has 0 aliphatic heterocycles. The van der Waals surface area contributed by atoms with Crippen LogP contribution in [0, 0.1) is 46.3 Å². The molecular weight excluding hydrogens is 470 g/mol. The predicted molar refractivity (Wildman–Crippen MR) is 155 cm³/mol. The Hall–Kier alpha value is -1.97. The Morgan fingerprint density at radius 1 is 1.03 bits per heavy atom. The molecular formula is C34H51NO3. The number of phenols is 1. The van der Waals surface area contributed by atoms with Crippen molar-refractivity contribution in [1.29, 1.82) is 0 Å². The zero-order valence-electron chi connectivity index (χ0n) is 24.3. The van der Waals surface area contributed by atoms with Gasteiger partial charge >= 0.3 is 6.09 Å². The first-order chi connectivity index (χ1) is 18.2.